The van der Waals surface area contributed by atoms with Gasteiger partial charge in [0.25, 0.3) is 0 Å². The van der Waals surface area contributed by atoms with Crippen molar-refractivity contribution in [1.29, 1.82) is 0 Å². The van der Waals surface area contributed by atoms with E-state index in [0.29, 0.717) is 5.96 Å². The Kier molecular flexibility index (Phi) is 2.70. The molecular weight excluding hydrogens is 202 g/mol. The van der Waals surface area contributed by atoms with E-state index in [2.05, 4.69) is 30.3 Å². The topological polar surface area (TPSA) is 50.8 Å². The quantitative estimate of drug-likeness (QED) is 0.714. The maximum atomic E-state index is 5.95. The molecule has 0 aromatic rings. The summed E-state index contributed by atoms with van der Waals surface area (Å²) >= 11 is 0. The number of nitrogens with two attached hydrogens (primary N) is 1. The minimum atomic E-state index is -0.0855. The van der Waals surface area contributed by atoms with Crippen LogP contribution >= 0.6 is 0 Å². The van der Waals surface area contributed by atoms with E-state index >= 15 is 0 Å². The van der Waals surface area contributed by atoms with Crippen LogP contribution in [0, 0.1) is 0 Å². The average molecular weight is 223 g/mol. The molecule has 1 fully saturated rings. The molecule has 90 valence electrons. The summed E-state index contributed by atoms with van der Waals surface area (Å²) in [6, 6.07) is 0. The Labute approximate surface area is 97.2 Å². The van der Waals surface area contributed by atoms with Crippen LogP contribution < -0.4 is 5.73 Å². The summed E-state index contributed by atoms with van der Waals surface area (Å²) in [5.74, 6) is 0.651. The lowest BCUT2D eigenvalue weighted by atomic mass is 9.80. The van der Waals surface area contributed by atoms with Crippen molar-refractivity contribution in [3.05, 3.63) is 12.7 Å². The standard InChI is InChI=1S/C12H21N3O/c1-4-6-15-10(13)14-9-12(15)5-7-16-11(2,3)8-12/h4H,1,5-9H2,2-3H3,(H2,13,14). The van der Waals surface area contributed by atoms with Gasteiger partial charge in [-0.2, -0.15) is 0 Å². The van der Waals surface area contributed by atoms with Crippen molar-refractivity contribution >= 4 is 5.96 Å². The molecule has 1 saturated heterocycles. The van der Waals surface area contributed by atoms with Crippen LogP contribution in [0.5, 0.6) is 0 Å². The second-order valence-electron chi connectivity index (χ2n) is 5.33. The van der Waals surface area contributed by atoms with Crippen LogP contribution in [0.15, 0.2) is 17.6 Å². The smallest absolute Gasteiger partial charge is 0.192 e. The van der Waals surface area contributed by atoms with Crippen LogP contribution in [0.2, 0.25) is 0 Å². The number of guanidine groups is 1. The van der Waals surface area contributed by atoms with Crippen LogP contribution in [-0.4, -0.2) is 41.7 Å². The predicted octanol–water partition coefficient (Wildman–Crippen LogP) is 1.13. The third-order valence-electron chi connectivity index (χ3n) is 3.51. The summed E-state index contributed by atoms with van der Waals surface area (Å²) in [7, 11) is 0. The van der Waals surface area contributed by atoms with E-state index in [4.69, 9.17) is 10.5 Å². The largest absolute Gasteiger partial charge is 0.375 e. The van der Waals surface area contributed by atoms with Gasteiger partial charge in [-0.25, -0.2) is 0 Å². The maximum Gasteiger partial charge on any atom is 0.192 e. The van der Waals surface area contributed by atoms with Crippen molar-refractivity contribution in [1.82, 2.24) is 4.90 Å². The number of hydrogen-bond donors (Lipinski definition) is 1. The highest BCUT2D eigenvalue weighted by molar-refractivity contribution is 5.81. The van der Waals surface area contributed by atoms with Gasteiger partial charge in [0.05, 0.1) is 17.7 Å². The Bertz CT molecular complexity index is 324. The molecule has 1 atom stereocenters. The van der Waals surface area contributed by atoms with E-state index < -0.39 is 0 Å². The van der Waals surface area contributed by atoms with Gasteiger partial charge in [0.2, 0.25) is 0 Å². The molecule has 2 heterocycles. The zero-order valence-electron chi connectivity index (χ0n) is 10.2. The van der Waals surface area contributed by atoms with Crippen LogP contribution in [0.1, 0.15) is 26.7 Å². The van der Waals surface area contributed by atoms with E-state index in [9.17, 15) is 0 Å². The molecule has 0 radical (unpaired) electrons. The zero-order chi connectivity index (χ0) is 11.8. The Morgan fingerprint density at radius 3 is 3.00 bits per heavy atom. The minimum Gasteiger partial charge on any atom is -0.375 e. The van der Waals surface area contributed by atoms with Crippen molar-refractivity contribution in [2.45, 2.75) is 37.8 Å². The maximum absolute atomic E-state index is 5.95. The molecule has 4 heteroatoms. The number of rotatable bonds is 2. The number of ether oxygens (including phenoxy) is 1. The zero-order valence-corrected chi connectivity index (χ0v) is 10.2. The fraction of sp³-hybridized carbons (Fsp3) is 0.750. The van der Waals surface area contributed by atoms with E-state index in [1.165, 1.54) is 0 Å². The number of hydrogen-bond acceptors (Lipinski definition) is 4. The van der Waals surface area contributed by atoms with E-state index in [1.54, 1.807) is 0 Å². The van der Waals surface area contributed by atoms with Crippen molar-refractivity contribution in [2.24, 2.45) is 10.7 Å². The lowest BCUT2D eigenvalue weighted by molar-refractivity contribution is -0.0997. The van der Waals surface area contributed by atoms with Gasteiger partial charge in [0, 0.05) is 19.6 Å². The molecule has 16 heavy (non-hydrogen) atoms. The van der Waals surface area contributed by atoms with Gasteiger partial charge in [-0.15, -0.1) is 6.58 Å². The Morgan fingerprint density at radius 2 is 2.38 bits per heavy atom. The van der Waals surface area contributed by atoms with Crippen molar-refractivity contribution < 1.29 is 4.74 Å². The predicted molar refractivity (Wildman–Crippen MR) is 65.4 cm³/mol. The fourth-order valence-corrected chi connectivity index (χ4v) is 2.87. The third-order valence-corrected chi connectivity index (χ3v) is 3.51. The summed E-state index contributed by atoms with van der Waals surface area (Å²) in [6.45, 7) is 10.4. The first-order valence-corrected chi connectivity index (χ1v) is 5.82. The van der Waals surface area contributed by atoms with Crippen LogP contribution in [0.4, 0.5) is 0 Å². The van der Waals surface area contributed by atoms with E-state index in [-0.39, 0.29) is 11.1 Å². The molecule has 0 aromatic carbocycles. The molecular formula is C12H21N3O. The molecule has 2 aliphatic heterocycles. The lowest BCUT2D eigenvalue weighted by Crippen LogP contribution is -2.58. The highest BCUT2D eigenvalue weighted by Crippen LogP contribution is 2.38. The molecule has 1 spiro atoms. The van der Waals surface area contributed by atoms with Crippen LogP contribution in [0.25, 0.3) is 0 Å². The van der Waals surface area contributed by atoms with Crippen LogP contribution in [-0.2, 0) is 4.74 Å². The summed E-state index contributed by atoms with van der Waals surface area (Å²) in [5, 5.41) is 0. The van der Waals surface area contributed by atoms with Gasteiger partial charge >= 0.3 is 0 Å². The summed E-state index contributed by atoms with van der Waals surface area (Å²) in [5.41, 5.74) is 5.92. The molecule has 4 nitrogen and oxygen atoms in total. The highest BCUT2D eigenvalue weighted by Gasteiger charge is 2.48. The second-order valence-corrected chi connectivity index (χ2v) is 5.33. The molecule has 2 aliphatic rings. The fourth-order valence-electron chi connectivity index (χ4n) is 2.87. The molecule has 0 aliphatic carbocycles. The third kappa shape index (κ3) is 1.82. The van der Waals surface area contributed by atoms with Crippen LogP contribution in [0.3, 0.4) is 0 Å². The van der Waals surface area contributed by atoms with Gasteiger partial charge < -0.3 is 15.4 Å². The number of aliphatic imine (C=N–C) groups is 1. The molecule has 0 bridgehead atoms. The molecule has 1 unspecified atom stereocenters. The molecule has 2 N–H and O–H groups in total. The van der Waals surface area contributed by atoms with Crippen molar-refractivity contribution in [2.75, 3.05) is 19.7 Å². The Hall–Kier alpha value is -1.03. The second kappa shape index (κ2) is 3.77. The highest BCUT2D eigenvalue weighted by atomic mass is 16.5. The van der Waals surface area contributed by atoms with Gasteiger partial charge in [-0.05, 0) is 20.3 Å². The van der Waals surface area contributed by atoms with Gasteiger partial charge in [-0.3, -0.25) is 4.99 Å². The first-order chi connectivity index (χ1) is 7.49. The minimum absolute atomic E-state index is 0.0556. The Balaban J connectivity index is 2.21. The summed E-state index contributed by atoms with van der Waals surface area (Å²) in [4.78, 5) is 6.58. The first-order valence-electron chi connectivity index (χ1n) is 5.82. The number of nitrogens with zero attached hydrogens (tertiary/aromatic N) is 2. The van der Waals surface area contributed by atoms with Crippen molar-refractivity contribution in [3.8, 4) is 0 Å². The molecule has 2 rings (SSSR count). The Morgan fingerprint density at radius 1 is 1.62 bits per heavy atom. The van der Waals surface area contributed by atoms with Gasteiger partial charge in [0.1, 0.15) is 0 Å². The summed E-state index contributed by atoms with van der Waals surface area (Å²) < 4.78 is 5.77. The van der Waals surface area contributed by atoms with E-state index in [0.717, 1.165) is 32.5 Å². The lowest BCUT2D eigenvalue weighted by Gasteiger charge is -2.47. The van der Waals surface area contributed by atoms with Gasteiger partial charge in [-0.1, -0.05) is 6.08 Å². The normalized spacial score (nSPS) is 32.9. The van der Waals surface area contributed by atoms with Crippen molar-refractivity contribution in [3.63, 3.8) is 0 Å². The first kappa shape index (κ1) is 11.5. The average Bonchev–Trinajstić information content (AvgIpc) is 2.46. The molecule has 0 saturated carbocycles. The molecule has 0 amide bonds. The SMILES string of the molecule is C=CCN1C(N)=NCC12CCOC(C)(C)C2. The van der Waals surface area contributed by atoms with Gasteiger partial charge in [0.15, 0.2) is 5.96 Å². The van der Waals surface area contributed by atoms with E-state index in [1.807, 2.05) is 6.08 Å². The summed E-state index contributed by atoms with van der Waals surface area (Å²) in [6.07, 6.45) is 3.85. The monoisotopic (exact) mass is 223 g/mol. The molecule has 0 aromatic heterocycles.